The van der Waals surface area contributed by atoms with Crippen LogP contribution >= 0.6 is 0 Å². The number of aliphatic hydroxyl groups is 1. The molecular weight excluding hydrogens is 587 g/mol. The van der Waals surface area contributed by atoms with E-state index in [-0.39, 0.29) is 36.1 Å². The van der Waals surface area contributed by atoms with E-state index < -0.39 is 6.09 Å². The van der Waals surface area contributed by atoms with E-state index in [1.807, 2.05) is 25.1 Å². The highest BCUT2D eigenvalue weighted by Crippen LogP contribution is 2.43. The van der Waals surface area contributed by atoms with E-state index in [0.29, 0.717) is 38.7 Å². The van der Waals surface area contributed by atoms with E-state index in [0.717, 1.165) is 97.1 Å². The number of hydrogen-bond donors (Lipinski definition) is 2. The highest BCUT2D eigenvalue weighted by Gasteiger charge is 2.50. The first kappa shape index (κ1) is 29.7. The van der Waals surface area contributed by atoms with Gasteiger partial charge in [-0.3, -0.25) is 9.80 Å². The molecule has 6 heterocycles. The highest BCUT2D eigenvalue weighted by atomic mass is 19.1. The zero-order valence-electron chi connectivity index (χ0n) is 26.5. The van der Waals surface area contributed by atoms with Gasteiger partial charge in [0.05, 0.1) is 36.5 Å². The van der Waals surface area contributed by atoms with Gasteiger partial charge in [0.2, 0.25) is 0 Å². The Morgan fingerprint density at radius 2 is 1.89 bits per heavy atom. The van der Waals surface area contributed by atoms with Crippen molar-refractivity contribution >= 4 is 28.4 Å². The lowest BCUT2D eigenvalue weighted by atomic mass is 9.95. The molecule has 0 aliphatic carbocycles. The molecule has 0 unspecified atom stereocenters. The molecule has 0 saturated carbocycles. The molecule has 0 spiro atoms. The SMILES string of the molecule is CCc1c(F)ccc2cccc(N3CCc4c(nc(OC[C@]56CCCN5[C@@H](CO)CC6)nc4N4C[C@H]5CC[C@@H](C4)N5C(=O)O)C3)c12. The molecule has 5 aliphatic heterocycles. The standard InChI is InChI=1S/C35H43FN6O4/c1-2-26-28(36)10-7-22-5-3-6-30(31(22)26)39-16-12-27-29(19-39)37-33(46-21-35-13-4-15-41(35)25(20-43)11-14-35)38-32(27)40-17-23-8-9-24(18-40)42(23)34(44)45/h3,5-7,10,23-25,43H,2,4,8-9,11-21H2,1H3,(H,44,45)/t23-,24+,25-,35-/m1/s1. The molecule has 11 heteroatoms. The van der Waals surface area contributed by atoms with Crippen LogP contribution in [-0.4, -0.2) is 99.1 Å². The second-order valence-corrected chi connectivity index (χ2v) is 13.8. The van der Waals surface area contributed by atoms with E-state index in [4.69, 9.17) is 14.7 Å². The van der Waals surface area contributed by atoms with E-state index in [9.17, 15) is 19.4 Å². The second-order valence-electron chi connectivity index (χ2n) is 13.8. The van der Waals surface area contributed by atoms with Crippen LogP contribution in [0.2, 0.25) is 0 Å². The number of aryl methyl sites for hydroxylation is 1. The monoisotopic (exact) mass is 630 g/mol. The van der Waals surface area contributed by atoms with Crippen molar-refractivity contribution in [2.24, 2.45) is 0 Å². The van der Waals surface area contributed by atoms with Gasteiger partial charge in [-0.05, 0) is 81.0 Å². The van der Waals surface area contributed by atoms with Crippen LogP contribution in [-0.2, 0) is 19.4 Å². The number of carboxylic acid groups (broad SMARTS) is 1. The zero-order valence-corrected chi connectivity index (χ0v) is 26.5. The van der Waals surface area contributed by atoms with Gasteiger partial charge < -0.3 is 24.7 Å². The summed E-state index contributed by atoms with van der Waals surface area (Å²) in [6.07, 6.45) is 6.29. The fraction of sp³-hybridized carbons (Fsp3) is 0.571. The van der Waals surface area contributed by atoms with Gasteiger partial charge in [-0.15, -0.1) is 0 Å². The molecule has 2 N–H and O–H groups in total. The predicted octanol–water partition coefficient (Wildman–Crippen LogP) is 4.59. The fourth-order valence-corrected chi connectivity index (χ4v) is 9.33. The van der Waals surface area contributed by atoms with Gasteiger partial charge in [-0.2, -0.15) is 9.97 Å². The Labute approximate surface area is 268 Å². The van der Waals surface area contributed by atoms with Crippen molar-refractivity contribution in [2.45, 2.75) is 88.5 Å². The number of ether oxygens (including phenoxy) is 1. The fourth-order valence-electron chi connectivity index (χ4n) is 9.33. The Hall–Kier alpha value is -3.70. The molecule has 2 bridgehead atoms. The zero-order chi connectivity index (χ0) is 31.6. The summed E-state index contributed by atoms with van der Waals surface area (Å²) in [4.78, 5) is 30.8. The molecule has 244 valence electrons. The third kappa shape index (κ3) is 4.76. The minimum atomic E-state index is -0.840. The minimum Gasteiger partial charge on any atom is -0.465 e. The van der Waals surface area contributed by atoms with Crippen LogP contribution in [0.15, 0.2) is 30.3 Å². The van der Waals surface area contributed by atoms with Crippen molar-refractivity contribution in [3.05, 3.63) is 53.0 Å². The third-order valence-electron chi connectivity index (χ3n) is 11.5. The average molecular weight is 631 g/mol. The van der Waals surface area contributed by atoms with Crippen LogP contribution < -0.4 is 14.5 Å². The topological polar surface area (TPSA) is 105 Å². The largest absolute Gasteiger partial charge is 0.465 e. The summed E-state index contributed by atoms with van der Waals surface area (Å²) >= 11 is 0. The summed E-state index contributed by atoms with van der Waals surface area (Å²) in [5.74, 6) is 0.686. The summed E-state index contributed by atoms with van der Waals surface area (Å²) in [7, 11) is 0. The number of nitrogens with zero attached hydrogens (tertiary/aromatic N) is 6. The van der Waals surface area contributed by atoms with Gasteiger partial charge in [-0.1, -0.05) is 25.1 Å². The van der Waals surface area contributed by atoms with E-state index in [1.165, 1.54) is 0 Å². The minimum absolute atomic E-state index is 0.0517. The molecule has 3 aromatic rings. The maximum absolute atomic E-state index is 15.0. The smallest absolute Gasteiger partial charge is 0.407 e. The molecule has 5 aliphatic rings. The molecule has 10 nitrogen and oxygen atoms in total. The van der Waals surface area contributed by atoms with Crippen molar-refractivity contribution in [1.29, 1.82) is 0 Å². The molecule has 4 saturated heterocycles. The van der Waals surface area contributed by atoms with Gasteiger partial charge in [0.25, 0.3) is 0 Å². The summed E-state index contributed by atoms with van der Waals surface area (Å²) in [5.41, 5.74) is 3.64. The first-order chi connectivity index (χ1) is 22.4. The molecule has 0 radical (unpaired) electrons. The average Bonchev–Trinajstić information content (AvgIpc) is 3.72. The molecule has 46 heavy (non-hydrogen) atoms. The number of carbonyl (C=O) groups is 1. The maximum atomic E-state index is 15.0. The van der Waals surface area contributed by atoms with Crippen molar-refractivity contribution < 1.29 is 24.1 Å². The van der Waals surface area contributed by atoms with Crippen molar-refractivity contribution in [3.63, 3.8) is 0 Å². The Morgan fingerprint density at radius 3 is 2.65 bits per heavy atom. The molecule has 4 atom stereocenters. The number of rotatable bonds is 7. The van der Waals surface area contributed by atoms with Gasteiger partial charge in [-0.25, -0.2) is 9.18 Å². The van der Waals surface area contributed by atoms with Gasteiger partial charge in [0, 0.05) is 42.3 Å². The lowest BCUT2D eigenvalue weighted by Crippen LogP contribution is -2.56. The molecule has 4 fully saturated rings. The number of amides is 1. The van der Waals surface area contributed by atoms with Crippen LogP contribution in [0.25, 0.3) is 10.8 Å². The lowest BCUT2D eigenvalue weighted by Gasteiger charge is -2.41. The van der Waals surface area contributed by atoms with E-state index >= 15 is 0 Å². The normalized spacial score (nSPS) is 27.4. The number of aromatic nitrogens is 2. The lowest BCUT2D eigenvalue weighted by molar-refractivity contribution is 0.0641. The number of hydrogen-bond acceptors (Lipinski definition) is 8. The maximum Gasteiger partial charge on any atom is 0.407 e. The number of fused-ring (bicyclic) bond motifs is 5. The van der Waals surface area contributed by atoms with Crippen LogP contribution in [0, 0.1) is 5.82 Å². The number of benzene rings is 2. The molecule has 1 aromatic heterocycles. The summed E-state index contributed by atoms with van der Waals surface area (Å²) in [5, 5.41) is 21.8. The Kier molecular flexibility index (Phi) is 7.44. The summed E-state index contributed by atoms with van der Waals surface area (Å²) in [6.45, 7) is 6.12. The quantitative estimate of drug-likeness (QED) is 0.388. The second kappa shape index (κ2) is 11.5. The summed E-state index contributed by atoms with van der Waals surface area (Å²) in [6, 6.07) is 10.0. The number of aliphatic hydroxyl groups excluding tert-OH is 1. The van der Waals surface area contributed by atoms with Gasteiger partial charge >= 0.3 is 12.1 Å². The first-order valence-electron chi connectivity index (χ1n) is 17.0. The first-order valence-corrected chi connectivity index (χ1v) is 17.0. The Bertz CT molecular complexity index is 1660. The number of halogens is 1. The molecule has 2 aromatic carbocycles. The Balaban J connectivity index is 1.15. The van der Waals surface area contributed by atoms with E-state index in [2.05, 4.69) is 20.8 Å². The third-order valence-corrected chi connectivity index (χ3v) is 11.5. The van der Waals surface area contributed by atoms with Crippen LogP contribution in [0.5, 0.6) is 6.01 Å². The summed E-state index contributed by atoms with van der Waals surface area (Å²) < 4.78 is 21.5. The van der Waals surface area contributed by atoms with Gasteiger partial charge in [0.1, 0.15) is 18.2 Å². The highest BCUT2D eigenvalue weighted by molar-refractivity contribution is 5.97. The Morgan fingerprint density at radius 1 is 1.07 bits per heavy atom. The van der Waals surface area contributed by atoms with Crippen molar-refractivity contribution in [3.8, 4) is 6.01 Å². The molecule has 8 rings (SSSR count). The van der Waals surface area contributed by atoms with Crippen LogP contribution in [0.1, 0.15) is 62.3 Å². The van der Waals surface area contributed by atoms with Crippen molar-refractivity contribution in [2.75, 3.05) is 49.2 Å². The van der Waals surface area contributed by atoms with Crippen LogP contribution in [0.3, 0.4) is 0 Å². The molecular formula is C35H43FN6O4. The molecule has 1 amide bonds. The van der Waals surface area contributed by atoms with Crippen molar-refractivity contribution in [1.82, 2.24) is 19.8 Å². The van der Waals surface area contributed by atoms with Gasteiger partial charge in [0.15, 0.2) is 0 Å². The predicted molar refractivity (Wildman–Crippen MR) is 173 cm³/mol. The number of piperazine rings is 1. The number of anilines is 2. The van der Waals surface area contributed by atoms with E-state index in [1.54, 1.807) is 11.0 Å². The van der Waals surface area contributed by atoms with Crippen LogP contribution in [0.4, 0.5) is 20.7 Å².